The van der Waals surface area contributed by atoms with Gasteiger partial charge in [0.25, 0.3) is 0 Å². The molecule has 0 radical (unpaired) electrons. The highest BCUT2D eigenvalue weighted by Gasteiger charge is 2.26. The topological polar surface area (TPSA) is 80.9 Å². The predicted molar refractivity (Wildman–Crippen MR) is 94.4 cm³/mol. The van der Waals surface area contributed by atoms with E-state index in [1.54, 1.807) is 0 Å². The van der Waals surface area contributed by atoms with Gasteiger partial charge in [0.05, 0.1) is 5.52 Å². The Morgan fingerprint density at radius 2 is 1.96 bits per heavy atom. The van der Waals surface area contributed by atoms with E-state index < -0.39 is 23.1 Å². The maximum Gasteiger partial charge on any atom is 0.224 e. The van der Waals surface area contributed by atoms with Crippen LogP contribution in [0, 0.1) is 11.6 Å². The van der Waals surface area contributed by atoms with Crippen LogP contribution in [0.1, 0.15) is 46.0 Å². The van der Waals surface area contributed by atoms with E-state index in [0.29, 0.717) is 17.6 Å². The summed E-state index contributed by atoms with van der Waals surface area (Å²) < 4.78 is 27.1. The molecule has 136 valence electrons. The smallest absolute Gasteiger partial charge is 0.224 e. The molecule has 2 rings (SSSR count). The Hall–Kier alpha value is -2.02. The van der Waals surface area contributed by atoms with Crippen molar-refractivity contribution in [1.29, 1.82) is 0 Å². The van der Waals surface area contributed by atoms with Gasteiger partial charge < -0.3 is 11.1 Å². The lowest BCUT2D eigenvalue weighted by molar-refractivity contribution is -0.118. The van der Waals surface area contributed by atoms with E-state index >= 15 is 0 Å². The second-order valence-electron chi connectivity index (χ2n) is 6.38. The minimum atomic E-state index is -1.00. The highest BCUT2D eigenvalue weighted by molar-refractivity contribution is 6.28. The van der Waals surface area contributed by atoms with Gasteiger partial charge in [-0.25, -0.2) is 18.7 Å². The Labute approximate surface area is 150 Å². The minimum absolute atomic E-state index is 0.0752. The first-order valence-electron chi connectivity index (χ1n) is 8.13. The number of nitrogens with two attached hydrogens (primary N) is 1. The van der Waals surface area contributed by atoms with Crippen molar-refractivity contribution in [2.75, 3.05) is 5.32 Å². The van der Waals surface area contributed by atoms with Crippen LogP contribution in [-0.2, 0) is 4.79 Å². The molecule has 0 aliphatic carbocycles. The molecule has 1 heterocycles. The van der Waals surface area contributed by atoms with Crippen molar-refractivity contribution >= 4 is 34.2 Å². The van der Waals surface area contributed by atoms with Gasteiger partial charge in [-0.2, -0.15) is 0 Å². The van der Waals surface area contributed by atoms with Crippen molar-refractivity contribution in [1.82, 2.24) is 9.97 Å². The summed E-state index contributed by atoms with van der Waals surface area (Å²) in [6.45, 7) is 4.00. The zero-order chi connectivity index (χ0) is 18.6. The summed E-state index contributed by atoms with van der Waals surface area (Å²) in [5.41, 5.74) is 4.97. The number of benzene rings is 1. The third-order valence-electron chi connectivity index (χ3n) is 4.14. The Morgan fingerprint density at radius 3 is 2.60 bits per heavy atom. The van der Waals surface area contributed by atoms with Crippen LogP contribution >= 0.6 is 11.6 Å². The second-order valence-corrected chi connectivity index (χ2v) is 6.72. The lowest BCUT2D eigenvalue weighted by atomic mass is 9.89. The number of primary amides is 1. The van der Waals surface area contributed by atoms with Crippen LogP contribution in [0.4, 0.5) is 14.6 Å². The van der Waals surface area contributed by atoms with Gasteiger partial charge >= 0.3 is 0 Å². The minimum Gasteiger partial charge on any atom is -0.370 e. The fourth-order valence-corrected chi connectivity index (χ4v) is 2.87. The average molecular weight is 371 g/mol. The Morgan fingerprint density at radius 1 is 1.28 bits per heavy atom. The molecule has 1 aromatic carbocycles. The summed E-state index contributed by atoms with van der Waals surface area (Å²) in [4.78, 5) is 19.2. The number of anilines is 1. The molecule has 1 amide bonds. The van der Waals surface area contributed by atoms with E-state index in [0.717, 1.165) is 31.4 Å². The zero-order valence-corrected chi connectivity index (χ0v) is 15.0. The van der Waals surface area contributed by atoms with Gasteiger partial charge in [-0.1, -0.05) is 19.8 Å². The summed E-state index contributed by atoms with van der Waals surface area (Å²) in [6, 6.07) is 2.02. The van der Waals surface area contributed by atoms with Gasteiger partial charge in [0.2, 0.25) is 11.2 Å². The fraction of sp³-hybridized carbons (Fsp3) is 0.471. The average Bonchev–Trinajstić information content (AvgIpc) is 2.53. The van der Waals surface area contributed by atoms with Crippen LogP contribution in [0.5, 0.6) is 0 Å². The van der Waals surface area contributed by atoms with E-state index in [2.05, 4.69) is 22.2 Å². The molecule has 0 aliphatic heterocycles. The summed E-state index contributed by atoms with van der Waals surface area (Å²) in [5, 5.41) is 3.49. The lowest BCUT2D eigenvalue weighted by Gasteiger charge is -2.32. The van der Waals surface area contributed by atoms with E-state index in [-0.39, 0.29) is 17.2 Å². The van der Waals surface area contributed by atoms with Crippen molar-refractivity contribution < 1.29 is 13.6 Å². The van der Waals surface area contributed by atoms with Gasteiger partial charge in [-0.15, -0.1) is 0 Å². The number of hydrogen-bond donors (Lipinski definition) is 2. The summed E-state index contributed by atoms with van der Waals surface area (Å²) in [7, 11) is 0. The molecule has 5 nitrogen and oxygen atoms in total. The molecule has 0 bridgehead atoms. The highest BCUT2D eigenvalue weighted by Crippen LogP contribution is 2.30. The molecule has 0 saturated heterocycles. The number of rotatable bonds is 8. The predicted octanol–water partition coefficient (Wildman–Crippen LogP) is 4.19. The van der Waals surface area contributed by atoms with E-state index in [1.165, 1.54) is 0 Å². The molecule has 0 saturated carbocycles. The number of nitrogens with zero attached hydrogens (tertiary/aromatic N) is 2. The van der Waals surface area contributed by atoms with Gasteiger partial charge in [0.1, 0.15) is 5.82 Å². The molecule has 8 heteroatoms. The van der Waals surface area contributed by atoms with E-state index in [4.69, 9.17) is 17.3 Å². The van der Waals surface area contributed by atoms with Gasteiger partial charge in [0.15, 0.2) is 11.6 Å². The van der Waals surface area contributed by atoms with E-state index in [1.807, 2.05) is 6.92 Å². The maximum atomic E-state index is 13.7. The van der Waals surface area contributed by atoms with Crippen LogP contribution in [0.3, 0.4) is 0 Å². The standard InChI is InChI=1S/C17H21ClF2N4O/c1-3-4-6-17(2,7-5-14(21)25)24-15-10-8-11(19)12(20)9-13(10)22-16(18)23-15/h8-9H,3-7H2,1-2H3,(H2,21,25)(H,22,23,24)/t17-/m1/s1. The normalized spacial score (nSPS) is 13.6. The first kappa shape index (κ1) is 19.3. The van der Waals surface area contributed by atoms with Crippen LogP contribution in [0.25, 0.3) is 10.9 Å². The Balaban J connectivity index is 2.43. The number of nitrogens with one attached hydrogen (secondary N) is 1. The van der Waals surface area contributed by atoms with Crippen molar-refractivity contribution in [3.63, 3.8) is 0 Å². The second kappa shape index (κ2) is 7.91. The van der Waals surface area contributed by atoms with Crippen LogP contribution in [0.2, 0.25) is 5.28 Å². The summed E-state index contributed by atoms with van der Waals surface area (Å²) in [5.74, 6) is -2.09. The lowest BCUT2D eigenvalue weighted by Crippen LogP contribution is -2.36. The molecule has 3 N–H and O–H groups in total. The van der Waals surface area contributed by atoms with Crippen molar-refractivity contribution in [2.24, 2.45) is 5.73 Å². The molecule has 0 unspecified atom stereocenters. The SMILES string of the molecule is CCCC[C@](C)(CCC(N)=O)Nc1nc(Cl)nc2cc(F)c(F)cc12. The molecular weight excluding hydrogens is 350 g/mol. The maximum absolute atomic E-state index is 13.7. The van der Waals surface area contributed by atoms with Crippen LogP contribution in [0.15, 0.2) is 12.1 Å². The third kappa shape index (κ3) is 4.98. The number of amides is 1. The monoisotopic (exact) mass is 370 g/mol. The summed E-state index contributed by atoms with van der Waals surface area (Å²) in [6.07, 6.45) is 3.33. The number of hydrogen-bond acceptors (Lipinski definition) is 4. The molecule has 0 spiro atoms. The molecular formula is C17H21ClF2N4O. The molecule has 2 aromatic rings. The number of aromatic nitrogens is 2. The number of carbonyl (C=O) groups is 1. The quantitative estimate of drug-likeness (QED) is 0.683. The number of carbonyl (C=O) groups excluding carboxylic acids is 1. The number of fused-ring (bicyclic) bond motifs is 1. The largest absolute Gasteiger partial charge is 0.370 e. The Kier molecular flexibility index (Phi) is 6.11. The molecule has 1 aromatic heterocycles. The first-order chi connectivity index (χ1) is 11.7. The molecule has 25 heavy (non-hydrogen) atoms. The van der Waals surface area contributed by atoms with Gasteiger partial charge in [-0.05, 0) is 37.4 Å². The highest BCUT2D eigenvalue weighted by atomic mass is 35.5. The number of unbranched alkanes of at least 4 members (excludes halogenated alkanes) is 1. The third-order valence-corrected chi connectivity index (χ3v) is 4.30. The molecule has 0 aliphatic rings. The van der Waals surface area contributed by atoms with Crippen LogP contribution < -0.4 is 11.1 Å². The first-order valence-corrected chi connectivity index (χ1v) is 8.50. The van der Waals surface area contributed by atoms with Crippen LogP contribution in [-0.4, -0.2) is 21.4 Å². The van der Waals surface area contributed by atoms with Gasteiger partial charge in [-0.3, -0.25) is 4.79 Å². The zero-order valence-electron chi connectivity index (χ0n) is 14.2. The Bertz CT molecular complexity index is 787. The van der Waals surface area contributed by atoms with E-state index in [9.17, 15) is 13.6 Å². The summed E-state index contributed by atoms with van der Waals surface area (Å²) >= 11 is 5.92. The van der Waals surface area contributed by atoms with Gasteiger partial charge in [0, 0.05) is 23.4 Å². The molecule has 1 atom stereocenters. The fourth-order valence-electron chi connectivity index (χ4n) is 2.69. The van der Waals surface area contributed by atoms with Crippen molar-refractivity contribution in [3.05, 3.63) is 29.1 Å². The van der Waals surface area contributed by atoms with Crippen molar-refractivity contribution in [2.45, 2.75) is 51.5 Å². The van der Waals surface area contributed by atoms with Crippen molar-refractivity contribution in [3.8, 4) is 0 Å². The molecule has 0 fully saturated rings. The number of halogens is 3.